The number of carbonyl (C=O) groups is 1. The Morgan fingerprint density at radius 3 is 2.22 bits per heavy atom. The molecule has 0 atom stereocenters. The summed E-state index contributed by atoms with van der Waals surface area (Å²) in [6.45, 7) is 5.34. The van der Waals surface area contributed by atoms with Gasteiger partial charge in [0.1, 0.15) is 0 Å². The highest BCUT2D eigenvalue weighted by Crippen LogP contribution is 2.17. The fraction of sp³-hybridized carbons (Fsp3) is 0.292. The van der Waals surface area contributed by atoms with Crippen molar-refractivity contribution in [1.29, 1.82) is 0 Å². The Labute approximate surface area is 206 Å². The molecule has 0 spiro atoms. The van der Waals surface area contributed by atoms with E-state index >= 15 is 0 Å². The van der Waals surface area contributed by atoms with Crippen LogP contribution in [0, 0.1) is 13.8 Å². The van der Waals surface area contributed by atoms with E-state index in [4.69, 9.17) is 5.10 Å². The molecule has 0 saturated carbocycles. The molecule has 1 aromatic heterocycles. The lowest BCUT2D eigenvalue weighted by atomic mass is 10.1. The van der Waals surface area contributed by atoms with Crippen LogP contribution in [-0.2, 0) is 13.1 Å². The Kier molecular flexibility index (Phi) is 9.25. The molecule has 2 aromatic carbocycles. The second kappa shape index (κ2) is 11.7. The average molecular weight is 546 g/mol. The van der Waals surface area contributed by atoms with Crippen LogP contribution in [0.5, 0.6) is 0 Å². The molecule has 1 heterocycles. The minimum atomic E-state index is -0.00113. The minimum absolute atomic E-state index is 0. The number of nitrogens with zero attached hydrogens (tertiary/aromatic N) is 4. The summed E-state index contributed by atoms with van der Waals surface area (Å²) in [6, 6.07) is 17.7. The number of halogens is 1. The Morgan fingerprint density at radius 1 is 1.00 bits per heavy atom. The van der Waals surface area contributed by atoms with Crippen molar-refractivity contribution in [3.63, 3.8) is 0 Å². The molecule has 7 nitrogen and oxygen atoms in total. The third-order valence-corrected chi connectivity index (χ3v) is 5.17. The predicted molar refractivity (Wildman–Crippen MR) is 140 cm³/mol. The van der Waals surface area contributed by atoms with Crippen molar-refractivity contribution in [3.8, 4) is 5.69 Å². The number of guanidine groups is 1. The number of amides is 1. The van der Waals surface area contributed by atoms with Crippen molar-refractivity contribution in [3.05, 3.63) is 82.7 Å². The Balaban J connectivity index is 0.00000363. The lowest BCUT2D eigenvalue weighted by Gasteiger charge is -2.13. The minimum Gasteiger partial charge on any atom is -0.352 e. The SMILES string of the molecule is CN=C(NCc1ccc(C(=O)N(C)C)cc1)NCc1c(C)nn(-c2ccccc2)c1C.I. The van der Waals surface area contributed by atoms with Gasteiger partial charge in [-0.2, -0.15) is 5.10 Å². The summed E-state index contributed by atoms with van der Waals surface area (Å²) in [5.74, 6) is 0.707. The van der Waals surface area contributed by atoms with Gasteiger partial charge in [0.05, 0.1) is 11.4 Å². The summed E-state index contributed by atoms with van der Waals surface area (Å²) >= 11 is 0. The second-order valence-electron chi connectivity index (χ2n) is 7.57. The van der Waals surface area contributed by atoms with Crippen molar-refractivity contribution in [2.45, 2.75) is 26.9 Å². The van der Waals surface area contributed by atoms with Crippen molar-refractivity contribution in [1.82, 2.24) is 25.3 Å². The molecule has 0 radical (unpaired) electrons. The predicted octanol–water partition coefficient (Wildman–Crippen LogP) is 3.67. The van der Waals surface area contributed by atoms with Crippen molar-refractivity contribution in [2.75, 3.05) is 21.1 Å². The van der Waals surface area contributed by atoms with E-state index in [0.717, 1.165) is 28.2 Å². The number of aromatic nitrogens is 2. The zero-order valence-electron chi connectivity index (χ0n) is 19.2. The van der Waals surface area contributed by atoms with Gasteiger partial charge in [-0.05, 0) is 43.7 Å². The normalized spacial score (nSPS) is 11.0. The average Bonchev–Trinajstić information content (AvgIpc) is 3.07. The fourth-order valence-corrected chi connectivity index (χ4v) is 3.35. The van der Waals surface area contributed by atoms with Crippen LogP contribution < -0.4 is 10.6 Å². The molecule has 8 heteroatoms. The number of para-hydroxylation sites is 1. The molecule has 1 amide bonds. The van der Waals surface area contributed by atoms with Gasteiger partial charge in [0, 0.05) is 51.1 Å². The number of aliphatic imine (C=N–C) groups is 1. The number of rotatable bonds is 6. The molecule has 0 saturated heterocycles. The standard InChI is InChI=1S/C24H30N6O.HI/c1-17-22(18(2)30(28-17)21-9-7-6-8-10-21)16-27-24(25-3)26-15-19-11-13-20(14-12-19)23(31)29(4)5;/h6-14H,15-16H2,1-5H3,(H2,25,26,27);1H. The van der Waals surface area contributed by atoms with Gasteiger partial charge in [-0.15, -0.1) is 24.0 Å². The smallest absolute Gasteiger partial charge is 0.253 e. The molecule has 0 aliphatic rings. The molecule has 170 valence electrons. The van der Waals surface area contributed by atoms with Crippen LogP contribution in [0.1, 0.15) is 32.9 Å². The summed E-state index contributed by atoms with van der Waals surface area (Å²) in [7, 11) is 5.25. The van der Waals surface area contributed by atoms with Crippen molar-refractivity contribution in [2.24, 2.45) is 4.99 Å². The Morgan fingerprint density at radius 2 is 1.62 bits per heavy atom. The molecule has 0 unspecified atom stereocenters. The van der Waals surface area contributed by atoms with Gasteiger partial charge in [-0.25, -0.2) is 4.68 Å². The number of aryl methyl sites for hydroxylation is 1. The summed E-state index contributed by atoms with van der Waals surface area (Å²) in [5.41, 5.74) is 6.05. The van der Waals surface area contributed by atoms with E-state index in [1.54, 1.807) is 26.0 Å². The number of hydrogen-bond acceptors (Lipinski definition) is 3. The van der Waals surface area contributed by atoms with Gasteiger partial charge in [0.2, 0.25) is 0 Å². The van der Waals surface area contributed by atoms with Crippen molar-refractivity contribution >= 4 is 35.8 Å². The maximum absolute atomic E-state index is 12.0. The Hall–Kier alpha value is -2.88. The van der Waals surface area contributed by atoms with Crippen LogP contribution in [-0.4, -0.2) is 47.7 Å². The number of carbonyl (C=O) groups excluding carboxylic acids is 1. The van der Waals surface area contributed by atoms with Gasteiger partial charge in [-0.3, -0.25) is 9.79 Å². The molecule has 0 aliphatic heterocycles. The zero-order chi connectivity index (χ0) is 22.4. The van der Waals surface area contributed by atoms with Crippen LogP contribution in [0.25, 0.3) is 5.69 Å². The molecular weight excluding hydrogens is 515 g/mol. The van der Waals surface area contributed by atoms with Gasteiger partial charge >= 0.3 is 0 Å². The Bertz CT molecular complexity index is 1060. The van der Waals surface area contributed by atoms with Crippen LogP contribution >= 0.6 is 24.0 Å². The summed E-state index contributed by atoms with van der Waals surface area (Å²) < 4.78 is 1.97. The molecule has 3 aromatic rings. The van der Waals surface area contributed by atoms with Gasteiger partial charge in [-0.1, -0.05) is 30.3 Å². The van der Waals surface area contributed by atoms with E-state index in [-0.39, 0.29) is 29.9 Å². The summed E-state index contributed by atoms with van der Waals surface area (Å²) in [6.07, 6.45) is 0. The van der Waals surface area contributed by atoms with Gasteiger partial charge in [0.15, 0.2) is 5.96 Å². The first-order valence-electron chi connectivity index (χ1n) is 10.3. The zero-order valence-corrected chi connectivity index (χ0v) is 21.5. The van der Waals surface area contributed by atoms with E-state index in [0.29, 0.717) is 24.6 Å². The second-order valence-corrected chi connectivity index (χ2v) is 7.57. The highest BCUT2D eigenvalue weighted by atomic mass is 127. The highest BCUT2D eigenvalue weighted by molar-refractivity contribution is 14.0. The van der Waals surface area contributed by atoms with Gasteiger partial charge < -0.3 is 15.5 Å². The maximum atomic E-state index is 12.0. The van der Waals surface area contributed by atoms with E-state index in [2.05, 4.69) is 34.7 Å². The molecule has 0 fully saturated rings. The van der Waals surface area contributed by atoms with E-state index < -0.39 is 0 Å². The third-order valence-electron chi connectivity index (χ3n) is 5.17. The topological polar surface area (TPSA) is 74.6 Å². The number of nitrogens with one attached hydrogen (secondary N) is 2. The van der Waals surface area contributed by atoms with Crippen LogP contribution in [0.15, 0.2) is 59.6 Å². The van der Waals surface area contributed by atoms with E-state index in [1.165, 1.54) is 0 Å². The van der Waals surface area contributed by atoms with Crippen molar-refractivity contribution < 1.29 is 4.79 Å². The molecule has 2 N–H and O–H groups in total. The quantitative estimate of drug-likeness (QED) is 0.281. The molecule has 0 bridgehead atoms. The first-order chi connectivity index (χ1) is 14.9. The van der Waals surface area contributed by atoms with Crippen LogP contribution in [0.3, 0.4) is 0 Å². The van der Waals surface area contributed by atoms with Crippen LogP contribution in [0.4, 0.5) is 0 Å². The summed E-state index contributed by atoms with van der Waals surface area (Å²) in [4.78, 5) is 17.9. The number of benzene rings is 2. The van der Waals surface area contributed by atoms with E-state index in [1.807, 2.05) is 54.1 Å². The van der Waals surface area contributed by atoms with Crippen LogP contribution in [0.2, 0.25) is 0 Å². The molecular formula is C24H31IN6O. The monoisotopic (exact) mass is 546 g/mol. The highest BCUT2D eigenvalue weighted by Gasteiger charge is 2.13. The first kappa shape index (κ1) is 25.4. The fourth-order valence-electron chi connectivity index (χ4n) is 3.35. The lowest BCUT2D eigenvalue weighted by Crippen LogP contribution is -2.36. The molecule has 3 rings (SSSR count). The third kappa shape index (κ3) is 6.09. The summed E-state index contributed by atoms with van der Waals surface area (Å²) in [5, 5.41) is 11.4. The first-order valence-corrected chi connectivity index (χ1v) is 10.3. The lowest BCUT2D eigenvalue weighted by molar-refractivity contribution is 0.0827. The maximum Gasteiger partial charge on any atom is 0.253 e. The van der Waals surface area contributed by atoms with E-state index in [9.17, 15) is 4.79 Å². The largest absolute Gasteiger partial charge is 0.352 e. The van der Waals surface area contributed by atoms with Gasteiger partial charge in [0.25, 0.3) is 5.91 Å². The number of hydrogen-bond donors (Lipinski definition) is 2. The molecule has 0 aliphatic carbocycles. The molecule has 32 heavy (non-hydrogen) atoms.